The molecule has 2 saturated heterocycles. The molecule has 2 aliphatic heterocycles. The van der Waals surface area contributed by atoms with Crippen molar-refractivity contribution in [3.8, 4) is 0 Å². The first kappa shape index (κ1) is 26.8. The minimum atomic E-state index is -0.650. The summed E-state index contributed by atoms with van der Waals surface area (Å²) in [6.45, 7) is 2.60. The fraction of sp³-hybridized carbons (Fsp3) is 0.483. The first-order chi connectivity index (χ1) is 17.9. The third kappa shape index (κ3) is 6.02. The molecule has 198 valence electrons. The maximum atomic E-state index is 14.0. The fourth-order valence-corrected chi connectivity index (χ4v) is 5.79. The number of nitrogens with zero attached hydrogens (tertiary/aromatic N) is 1. The van der Waals surface area contributed by atoms with Crippen LogP contribution in [0.4, 0.5) is 0 Å². The van der Waals surface area contributed by atoms with Crippen molar-refractivity contribution in [2.24, 2.45) is 5.92 Å². The van der Waals surface area contributed by atoms with Crippen LogP contribution in [-0.2, 0) is 14.4 Å². The Morgan fingerprint density at radius 1 is 0.973 bits per heavy atom. The quantitative estimate of drug-likeness (QED) is 0.400. The predicted octanol–water partition coefficient (Wildman–Crippen LogP) is 0.799. The zero-order valence-corrected chi connectivity index (χ0v) is 21.8. The molecule has 0 aliphatic carbocycles. The molecule has 0 saturated carbocycles. The van der Waals surface area contributed by atoms with Crippen molar-refractivity contribution in [1.29, 1.82) is 0 Å². The average molecular weight is 508 g/mol. The van der Waals surface area contributed by atoms with Gasteiger partial charge >= 0.3 is 0 Å². The molecule has 0 spiro atoms. The lowest BCUT2D eigenvalue weighted by atomic mass is 9.90. The number of rotatable bonds is 9. The molecule has 2 aliphatic rings. The van der Waals surface area contributed by atoms with E-state index in [-0.39, 0.29) is 35.7 Å². The lowest BCUT2D eigenvalue weighted by molar-refractivity contribution is -0.404. The normalized spacial score (nSPS) is 24.3. The highest BCUT2D eigenvalue weighted by Crippen LogP contribution is 2.35. The molecule has 0 bridgehead atoms. The SMILES string of the molecule is CC[C@H]([NH3+])C(=O)N[C@@H]1C(=O)N2[C@@H](CC[C@@H]1CC[NH3+])CC[C@H]2C(=O)NC(c1ccccc1)c1ccccc1. The van der Waals surface area contributed by atoms with Crippen LogP contribution in [0.1, 0.15) is 62.6 Å². The van der Waals surface area contributed by atoms with Gasteiger partial charge in [0.25, 0.3) is 5.91 Å². The molecule has 2 aromatic carbocycles. The van der Waals surface area contributed by atoms with E-state index in [9.17, 15) is 14.4 Å². The zero-order chi connectivity index (χ0) is 26.4. The minimum absolute atomic E-state index is 0.00564. The van der Waals surface area contributed by atoms with Gasteiger partial charge in [0.05, 0.1) is 12.6 Å². The smallest absolute Gasteiger partial charge is 0.278 e. The Morgan fingerprint density at radius 3 is 2.14 bits per heavy atom. The average Bonchev–Trinajstić information content (AvgIpc) is 3.32. The number of carbonyl (C=O) groups excluding carboxylic acids is 3. The van der Waals surface area contributed by atoms with E-state index in [1.54, 1.807) is 4.90 Å². The summed E-state index contributed by atoms with van der Waals surface area (Å²) in [6.07, 6.45) is 4.42. The molecule has 2 heterocycles. The first-order valence-electron chi connectivity index (χ1n) is 13.6. The molecular formula is C29H41N5O3+2. The van der Waals surface area contributed by atoms with E-state index in [2.05, 4.69) is 22.1 Å². The molecule has 3 amide bonds. The molecule has 2 fully saturated rings. The van der Waals surface area contributed by atoms with Crippen LogP contribution in [0.5, 0.6) is 0 Å². The van der Waals surface area contributed by atoms with E-state index in [0.29, 0.717) is 19.4 Å². The Hall–Kier alpha value is -3.23. The Morgan fingerprint density at radius 2 is 1.57 bits per heavy atom. The van der Waals surface area contributed by atoms with E-state index in [0.717, 1.165) is 36.8 Å². The Kier molecular flexibility index (Phi) is 8.95. The van der Waals surface area contributed by atoms with Gasteiger partial charge in [-0.15, -0.1) is 0 Å². The second-order valence-corrected chi connectivity index (χ2v) is 10.3. The van der Waals surface area contributed by atoms with Gasteiger partial charge in [-0.1, -0.05) is 67.6 Å². The molecule has 8 N–H and O–H groups in total. The van der Waals surface area contributed by atoms with Crippen molar-refractivity contribution < 1.29 is 25.9 Å². The molecular weight excluding hydrogens is 466 g/mol. The second-order valence-electron chi connectivity index (χ2n) is 10.3. The van der Waals surface area contributed by atoms with Crippen LogP contribution in [0.15, 0.2) is 60.7 Å². The number of fused-ring (bicyclic) bond motifs is 1. The summed E-state index contributed by atoms with van der Waals surface area (Å²) >= 11 is 0. The summed E-state index contributed by atoms with van der Waals surface area (Å²) in [4.78, 5) is 42.3. The maximum absolute atomic E-state index is 14.0. The molecule has 4 rings (SSSR count). The zero-order valence-electron chi connectivity index (χ0n) is 21.8. The summed E-state index contributed by atoms with van der Waals surface area (Å²) in [5.41, 5.74) is 9.89. The summed E-state index contributed by atoms with van der Waals surface area (Å²) in [6, 6.07) is 17.8. The van der Waals surface area contributed by atoms with Gasteiger partial charge in [0.1, 0.15) is 12.1 Å². The highest BCUT2D eigenvalue weighted by molar-refractivity contribution is 5.94. The van der Waals surface area contributed by atoms with Crippen molar-refractivity contribution >= 4 is 17.7 Å². The topological polar surface area (TPSA) is 134 Å². The third-order valence-corrected chi connectivity index (χ3v) is 7.96. The van der Waals surface area contributed by atoms with Crippen molar-refractivity contribution in [2.45, 2.75) is 75.7 Å². The van der Waals surface area contributed by atoms with Crippen LogP contribution in [0.3, 0.4) is 0 Å². The lowest BCUT2D eigenvalue weighted by Crippen LogP contribution is -2.69. The third-order valence-electron chi connectivity index (χ3n) is 7.96. The van der Waals surface area contributed by atoms with Gasteiger partial charge in [0, 0.05) is 18.9 Å². The highest BCUT2D eigenvalue weighted by Gasteiger charge is 2.48. The minimum Gasteiger partial charge on any atom is -0.358 e. The van der Waals surface area contributed by atoms with Crippen LogP contribution in [0.25, 0.3) is 0 Å². The van der Waals surface area contributed by atoms with Crippen LogP contribution in [0.2, 0.25) is 0 Å². The van der Waals surface area contributed by atoms with E-state index in [1.165, 1.54) is 0 Å². The Balaban J connectivity index is 1.58. The molecule has 8 heteroatoms. The summed E-state index contributed by atoms with van der Waals surface area (Å²) in [5.74, 6) is -0.500. The summed E-state index contributed by atoms with van der Waals surface area (Å²) in [5, 5.41) is 6.25. The number of hydrogen-bond acceptors (Lipinski definition) is 3. The van der Waals surface area contributed by atoms with Crippen molar-refractivity contribution in [2.75, 3.05) is 6.54 Å². The number of quaternary nitrogens is 2. The maximum Gasteiger partial charge on any atom is 0.278 e. The van der Waals surface area contributed by atoms with Gasteiger partial charge in [0.15, 0.2) is 6.04 Å². The standard InChI is InChI=1S/C29H39N5O3/c1-2-23(31)27(35)33-26-21(17-18-30)13-14-22-15-16-24(34(22)29(26)37)28(36)32-25(19-9-5-3-6-10-19)20-11-7-4-8-12-20/h3-12,21-26H,2,13-18,30-31H2,1H3,(H,32,36)(H,33,35)/p+2/t21-,22+,23+,24+,26+/m1/s1. The van der Waals surface area contributed by atoms with Gasteiger partial charge in [-0.05, 0) is 42.7 Å². The Labute approximate surface area is 219 Å². The van der Waals surface area contributed by atoms with Crippen LogP contribution in [0, 0.1) is 5.92 Å². The van der Waals surface area contributed by atoms with Gasteiger partial charge in [-0.2, -0.15) is 0 Å². The number of carbonyl (C=O) groups is 3. The lowest BCUT2D eigenvalue weighted by Gasteiger charge is -2.33. The molecule has 5 atom stereocenters. The van der Waals surface area contributed by atoms with E-state index in [4.69, 9.17) is 0 Å². The second kappa shape index (κ2) is 12.3. The first-order valence-corrected chi connectivity index (χ1v) is 13.6. The van der Waals surface area contributed by atoms with Crippen molar-refractivity contribution in [1.82, 2.24) is 15.5 Å². The van der Waals surface area contributed by atoms with E-state index < -0.39 is 18.1 Å². The van der Waals surface area contributed by atoms with Gasteiger partial charge in [-0.25, -0.2) is 0 Å². The predicted molar refractivity (Wildman–Crippen MR) is 141 cm³/mol. The molecule has 2 aromatic rings. The van der Waals surface area contributed by atoms with E-state index in [1.807, 2.05) is 67.6 Å². The molecule has 8 nitrogen and oxygen atoms in total. The summed E-state index contributed by atoms with van der Waals surface area (Å²) in [7, 11) is 0. The van der Waals surface area contributed by atoms with Gasteiger partial charge in [-0.3, -0.25) is 14.4 Å². The molecule has 0 radical (unpaired) electrons. The van der Waals surface area contributed by atoms with Gasteiger partial charge < -0.3 is 27.0 Å². The molecule has 37 heavy (non-hydrogen) atoms. The van der Waals surface area contributed by atoms with E-state index >= 15 is 0 Å². The molecule has 0 aromatic heterocycles. The summed E-state index contributed by atoms with van der Waals surface area (Å²) < 4.78 is 0. The number of amides is 3. The number of nitrogens with one attached hydrogen (secondary N) is 2. The van der Waals surface area contributed by atoms with Crippen molar-refractivity contribution in [3.05, 3.63) is 71.8 Å². The van der Waals surface area contributed by atoms with Crippen LogP contribution >= 0.6 is 0 Å². The number of benzene rings is 2. The Bertz CT molecular complexity index is 1020. The largest absolute Gasteiger partial charge is 0.358 e. The van der Waals surface area contributed by atoms with Crippen LogP contribution in [-0.4, -0.2) is 53.3 Å². The highest BCUT2D eigenvalue weighted by atomic mass is 16.2. The fourth-order valence-electron chi connectivity index (χ4n) is 5.79. The monoisotopic (exact) mass is 507 g/mol. The van der Waals surface area contributed by atoms with Gasteiger partial charge in [0.2, 0.25) is 11.8 Å². The van der Waals surface area contributed by atoms with Crippen molar-refractivity contribution in [3.63, 3.8) is 0 Å². The van der Waals surface area contributed by atoms with Crippen LogP contribution < -0.4 is 22.1 Å². The molecule has 0 unspecified atom stereocenters. The number of hydrogen-bond donors (Lipinski definition) is 4.